The molecule has 0 bridgehead atoms. The van der Waals surface area contributed by atoms with Crippen LogP contribution in [0.3, 0.4) is 0 Å². The number of amides is 1. The maximum Gasteiger partial charge on any atom is 0.263 e. The summed E-state index contributed by atoms with van der Waals surface area (Å²) in [6, 6.07) is 14.8. The van der Waals surface area contributed by atoms with Crippen molar-refractivity contribution in [2.24, 2.45) is 0 Å². The Balaban J connectivity index is 1.86. The molecule has 0 N–H and O–H groups in total. The van der Waals surface area contributed by atoms with Gasteiger partial charge in [0.05, 0.1) is 12.1 Å². The second-order valence-electron chi connectivity index (χ2n) is 5.41. The molecule has 0 saturated heterocycles. The quantitative estimate of drug-likeness (QED) is 0.776. The Labute approximate surface area is 146 Å². The molecule has 0 fully saturated rings. The molecule has 0 aliphatic heterocycles. The van der Waals surface area contributed by atoms with Gasteiger partial charge in [-0.3, -0.25) is 4.79 Å². The van der Waals surface area contributed by atoms with Crippen LogP contribution in [0.1, 0.15) is 12.5 Å². The molecule has 5 nitrogen and oxygen atoms in total. The summed E-state index contributed by atoms with van der Waals surface area (Å²) in [5, 5.41) is 9.05. The molecule has 2 rings (SSSR count). The van der Waals surface area contributed by atoms with Crippen LogP contribution in [-0.4, -0.2) is 37.1 Å². The van der Waals surface area contributed by atoms with Crippen LogP contribution < -0.4 is 9.47 Å². The van der Waals surface area contributed by atoms with Gasteiger partial charge in [-0.15, -0.1) is 0 Å². The van der Waals surface area contributed by atoms with E-state index in [4.69, 9.17) is 14.7 Å². The third-order valence-electron chi connectivity index (χ3n) is 3.56. The Bertz CT molecular complexity index is 773. The van der Waals surface area contributed by atoms with Crippen molar-refractivity contribution in [3.05, 3.63) is 59.9 Å². The van der Waals surface area contributed by atoms with Crippen LogP contribution in [0.5, 0.6) is 11.5 Å². The summed E-state index contributed by atoms with van der Waals surface area (Å²) in [6.45, 7) is 2.05. The largest absolute Gasteiger partial charge is 0.489 e. The van der Waals surface area contributed by atoms with Crippen molar-refractivity contribution >= 4 is 5.91 Å². The highest BCUT2D eigenvalue weighted by molar-refractivity contribution is 5.80. The molecule has 25 heavy (non-hydrogen) atoms. The molecule has 0 saturated carbocycles. The number of nitriles is 1. The van der Waals surface area contributed by atoms with Gasteiger partial charge < -0.3 is 14.4 Å². The van der Waals surface area contributed by atoms with Crippen molar-refractivity contribution in [1.29, 1.82) is 5.26 Å². The number of rotatable bonds is 7. The van der Waals surface area contributed by atoms with Gasteiger partial charge in [0.25, 0.3) is 5.91 Å². The highest BCUT2D eigenvalue weighted by atomic mass is 19.1. The van der Waals surface area contributed by atoms with E-state index in [-0.39, 0.29) is 24.8 Å². The summed E-state index contributed by atoms with van der Waals surface area (Å²) in [7, 11) is 1.61. The first-order chi connectivity index (χ1) is 12.0. The summed E-state index contributed by atoms with van der Waals surface area (Å²) in [4.78, 5) is 13.8. The van der Waals surface area contributed by atoms with Crippen LogP contribution in [0.25, 0.3) is 0 Å². The molecule has 0 heterocycles. The van der Waals surface area contributed by atoms with Gasteiger partial charge in [-0.25, -0.2) is 4.39 Å². The summed E-state index contributed by atoms with van der Waals surface area (Å²) in [6.07, 6.45) is -0.757. The third-order valence-corrected chi connectivity index (χ3v) is 3.56. The first-order valence-electron chi connectivity index (χ1n) is 7.81. The number of benzene rings is 2. The Kier molecular flexibility index (Phi) is 6.35. The van der Waals surface area contributed by atoms with Crippen LogP contribution in [0.4, 0.5) is 4.39 Å². The van der Waals surface area contributed by atoms with E-state index >= 15 is 0 Å². The second kappa shape index (κ2) is 8.69. The van der Waals surface area contributed by atoms with Crippen molar-refractivity contribution in [3.8, 4) is 17.6 Å². The monoisotopic (exact) mass is 342 g/mol. The van der Waals surface area contributed by atoms with Crippen LogP contribution >= 0.6 is 0 Å². The standard InChI is InChI=1S/C19H19FN2O3/c1-14(25-17-9-5-3-7-15(17)13-21)19(23)22(2)11-12-24-18-10-6-4-8-16(18)20/h3-10,14H,11-12H2,1-2H3. The summed E-state index contributed by atoms with van der Waals surface area (Å²) < 4.78 is 24.4. The number of carbonyl (C=O) groups excluding carboxylic acids is 1. The number of carbonyl (C=O) groups is 1. The van der Waals surface area contributed by atoms with Crippen molar-refractivity contribution in [3.63, 3.8) is 0 Å². The van der Waals surface area contributed by atoms with E-state index in [1.165, 1.54) is 17.0 Å². The molecule has 0 aliphatic carbocycles. The fourth-order valence-corrected chi connectivity index (χ4v) is 2.18. The molecule has 1 amide bonds. The Hall–Kier alpha value is -3.07. The second-order valence-corrected chi connectivity index (χ2v) is 5.41. The van der Waals surface area contributed by atoms with Gasteiger partial charge in [0.2, 0.25) is 0 Å². The van der Waals surface area contributed by atoms with E-state index in [2.05, 4.69) is 0 Å². The normalized spacial score (nSPS) is 11.3. The van der Waals surface area contributed by atoms with Crippen molar-refractivity contribution in [2.75, 3.05) is 20.2 Å². The zero-order valence-corrected chi connectivity index (χ0v) is 14.1. The minimum Gasteiger partial charge on any atom is -0.489 e. The van der Waals surface area contributed by atoms with E-state index in [0.29, 0.717) is 11.3 Å². The first kappa shape index (κ1) is 18.3. The van der Waals surface area contributed by atoms with Gasteiger partial charge in [0.1, 0.15) is 18.4 Å². The molecule has 6 heteroatoms. The molecular weight excluding hydrogens is 323 g/mol. The Morgan fingerprint density at radius 2 is 1.84 bits per heavy atom. The van der Waals surface area contributed by atoms with E-state index in [0.717, 1.165) is 0 Å². The number of hydrogen-bond donors (Lipinski definition) is 0. The lowest BCUT2D eigenvalue weighted by molar-refractivity contribution is -0.136. The number of ether oxygens (including phenoxy) is 2. The highest BCUT2D eigenvalue weighted by Crippen LogP contribution is 2.19. The van der Waals surface area contributed by atoms with E-state index in [1.54, 1.807) is 50.4 Å². The lowest BCUT2D eigenvalue weighted by Gasteiger charge is -2.22. The van der Waals surface area contributed by atoms with Gasteiger partial charge in [-0.1, -0.05) is 24.3 Å². The zero-order chi connectivity index (χ0) is 18.2. The molecular formula is C19H19FN2O3. The summed E-state index contributed by atoms with van der Waals surface area (Å²) in [5.74, 6) is -0.191. The number of halogens is 1. The van der Waals surface area contributed by atoms with Crippen molar-refractivity contribution < 1.29 is 18.7 Å². The molecule has 0 aliphatic rings. The number of para-hydroxylation sites is 2. The van der Waals surface area contributed by atoms with Crippen molar-refractivity contribution in [2.45, 2.75) is 13.0 Å². The van der Waals surface area contributed by atoms with Crippen molar-refractivity contribution in [1.82, 2.24) is 4.90 Å². The van der Waals surface area contributed by atoms with Gasteiger partial charge in [0.15, 0.2) is 17.7 Å². The number of hydrogen-bond acceptors (Lipinski definition) is 4. The molecule has 0 spiro atoms. The summed E-state index contributed by atoms with van der Waals surface area (Å²) in [5.41, 5.74) is 0.368. The first-order valence-corrected chi connectivity index (χ1v) is 7.81. The maximum absolute atomic E-state index is 13.5. The SMILES string of the molecule is CC(Oc1ccccc1C#N)C(=O)N(C)CCOc1ccccc1F. The van der Waals surface area contributed by atoms with Crippen LogP contribution in [-0.2, 0) is 4.79 Å². The molecule has 0 aromatic heterocycles. The fourth-order valence-electron chi connectivity index (χ4n) is 2.18. The molecule has 0 radical (unpaired) electrons. The minimum atomic E-state index is -0.757. The number of nitrogens with zero attached hydrogens (tertiary/aromatic N) is 2. The Morgan fingerprint density at radius 3 is 2.52 bits per heavy atom. The molecule has 2 aromatic rings. The highest BCUT2D eigenvalue weighted by Gasteiger charge is 2.20. The van der Waals surface area contributed by atoms with E-state index < -0.39 is 11.9 Å². The zero-order valence-electron chi connectivity index (χ0n) is 14.1. The van der Waals surface area contributed by atoms with Gasteiger partial charge >= 0.3 is 0 Å². The lowest BCUT2D eigenvalue weighted by atomic mass is 10.2. The maximum atomic E-state index is 13.5. The van der Waals surface area contributed by atoms with Crippen LogP contribution in [0.15, 0.2) is 48.5 Å². The molecule has 130 valence electrons. The molecule has 1 atom stereocenters. The summed E-state index contributed by atoms with van der Waals surface area (Å²) >= 11 is 0. The third kappa shape index (κ3) is 4.95. The average Bonchev–Trinajstić information content (AvgIpc) is 2.63. The van der Waals surface area contributed by atoms with E-state index in [9.17, 15) is 9.18 Å². The van der Waals surface area contributed by atoms with Gasteiger partial charge in [0, 0.05) is 7.05 Å². The predicted octanol–water partition coefficient (Wildman–Crippen LogP) is 3.00. The minimum absolute atomic E-state index is 0.149. The predicted molar refractivity (Wildman–Crippen MR) is 90.8 cm³/mol. The van der Waals surface area contributed by atoms with E-state index in [1.807, 2.05) is 6.07 Å². The number of likely N-dealkylation sites (N-methyl/N-ethyl adjacent to an activating group) is 1. The van der Waals surface area contributed by atoms with Gasteiger partial charge in [-0.05, 0) is 31.2 Å². The fraction of sp³-hybridized carbons (Fsp3) is 0.263. The van der Waals surface area contributed by atoms with Crippen LogP contribution in [0.2, 0.25) is 0 Å². The van der Waals surface area contributed by atoms with Crippen LogP contribution in [0, 0.1) is 17.1 Å². The topological polar surface area (TPSA) is 62.6 Å². The Morgan fingerprint density at radius 1 is 1.20 bits per heavy atom. The molecule has 2 aromatic carbocycles. The smallest absolute Gasteiger partial charge is 0.263 e. The average molecular weight is 342 g/mol. The lowest BCUT2D eigenvalue weighted by Crippen LogP contribution is -2.40. The molecule has 1 unspecified atom stereocenters. The van der Waals surface area contributed by atoms with Gasteiger partial charge in [-0.2, -0.15) is 5.26 Å².